The Balaban J connectivity index is 1.07. The molecule has 3 N–H and O–H groups in total. The van der Waals surface area contributed by atoms with E-state index in [1.165, 1.54) is 103 Å². The van der Waals surface area contributed by atoms with Crippen LogP contribution in [0.1, 0.15) is 110 Å². The summed E-state index contributed by atoms with van der Waals surface area (Å²) >= 11 is 1.90. The number of aromatic nitrogens is 4. The van der Waals surface area contributed by atoms with Gasteiger partial charge in [-0.1, -0.05) is 89.9 Å². The minimum Gasteiger partial charge on any atom is -0.382 e. The fourth-order valence-corrected chi connectivity index (χ4v) is 6.77. The standard InChI is InChI=1S/C29H52N5O4PS/c1-25(21-34-23-33-27-28(30)31-22-32-29(27)34)37-24-39(35,36)38-18-14-20-40-19-13-11-9-7-5-3-2-4-6-8-10-12-15-26-16-17-26/h22-23,25-26H,2-21,24H2,1H3,(H,35,36)(H2,30,31,32)/t25-/m1/s1. The van der Waals surface area contributed by atoms with Crippen molar-refractivity contribution in [2.75, 3.05) is 30.2 Å². The molecule has 2 aromatic heterocycles. The number of nitrogens with two attached hydrogens (primary N) is 1. The van der Waals surface area contributed by atoms with E-state index < -0.39 is 7.60 Å². The van der Waals surface area contributed by atoms with E-state index in [0.717, 1.165) is 23.8 Å². The highest BCUT2D eigenvalue weighted by Crippen LogP contribution is 2.42. The van der Waals surface area contributed by atoms with E-state index in [1.807, 2.05) is 18.7 Å². The minimum atomic E-state index is -3.79. The van der Waals surface area contributed by atoms with E-state index in [4.69, 9.17) is 15.0 Å². The van der Waals surface area contributed by atoms with Crippen LogP contribution in [0.15, 0.2) is 12.7 Å². The van der Waals surface area contributed by atoms with Crippen molar-refractivity contribution >= 4 is 36.3 Å². The van der Waals surface area contributed by atoms with Crippen LogP contribution in [0.4, 0.5) is 5.82 Å². The van der Waals surface area contributed by atoms with Crippen LogP contribution in [-0.2, 0) is 20.4 Å². The van der Waals surface area contributed by atoms with Gasteiger partial charge in [0.2, 0.25) is 0 Å². The van der Waals surface area contributed by atoms with Crippen LogP contribution < -0.4 is 5.73 Å². The molecule has 0 bridgehead atoms. The molecule has 0 aliphatic heterocycles. The Morgan fingerprint density at radius 2 is 1.60 bits per heavy atom. The lowest BCUT2D eigenvalue weighted by atomic mass is 10.0. The van der Waals surface area contributed by atoms with Crippen molar-refractivity contribution in [3.05, 3.63) is 12.7 Å². The molecule has 1 aliphatic carbocycles. The van der Waals surface area contributed by atoms with Gasteiger partial charge in [-0.2, -0.15) is 11.8 Å². The molecule has 11 heteroatoms. The second-order valence-electron chi connectivity index (χ2n) is 11.3. The number of anilines is 1. The van der Waals surface area contributed by atoms with Gasteiger partial charge in [0.05, 0.1) is 25.6 Å². The van der Waals surface area contributed by atoms with Crippen molar-refractivity contribution in [1.82, 2.24) is 19.5 Å². The first-order chi connectivity index (χ1) is 19.4. The number of rotatable bonds is 25. The van der Waals surface area contributed by atoms with Crippen LogP contribution in [0.5, 0.6) is 0 Å². The van der Waals surface area contributed by atoms with Crippen LogP contribution >= 0.6 is 19.4 Å². The predicted octanol–water partition coefficient (Wildman–Crippen LogP) is 7.58. The summed E-state index contributed by atoms with van der Waals surface area (Å²) in [6.07, 6.45) is 24.3. The minimum absolute atomic E-state index is 0.265. The summed E-state index contributed by atoms with van der Waals surface area (Å²) in [5.41, 5.74) is 6.95. The number of thioether (sulfide) groups is 1. The van der Waals surface area contributed by atoms with E-state index in [1.54, 1.807) is 10.9 Å². The highest BCUT2D eigenvalue weighted by Gasteiger charge is 2.22. The maximum atomic E-state index is 12.3. The Labute approximate surface area is 245 Å². The highest BCUT2D eigenvalue weighted by molar-refractivity contribution is 7.99. The molecule has 1 fully saturated rings. The van der Waals surface area contributed by atoms with Gasteiger partial charge in [-0.25, -0.2) is 15.0 Å². The Hall–Kier alpha value is -1.19. The maximum absolute atomic E-state index is 12.3. The number of fused-ring (bicyclic) bond motifs is 1. The third-order valence-electron chi connectivity index (χ3n) is 7.48. The monoisotopic (exact) mass is 597 g/mol. The summed E-state index contributed by atoms with van der Waals surface area (Å²) in [6.45, 7) is 2.51. The normalized spacial score (nSPS) is 15.9. The average Bonchev–Trinajstić information content (AvgIpc) is 3.67. The molecule has 0 saturated heterocycles. The van der Waals surface area contributed by atoms with Crippen molar-refractivity contribution in [3.63, 3.8) is 0 Å². The van der Waals surface area contributed by atoms with Crippen LogP contribution in [0.3, 0.4) is 0 Å². The molecule has 2 atom stereocenters. The topological polar surface area (TPSA) is 125 Å². The van der Waals surface area contributed by atoms with E-state index in [9.17, 15) is 9.46 Å². The molecule has 1 saturated carbocycles. The van der Waals surface area contributed by atoms with Crippen molar-refractivity contribution < 1.29 is 18.7 Å². The van der Waals surface area contributed by atoms with Crippen molar-refractivity contribution in [2.45, 2.75) is 122 Å². The molecule has 0 amide bonds. The molecule has 2 heterocycles. The zero-order chi connectivity index (χ0) is 28.5. The van der Waals surface area contributed by atoms with Gasteiger partial charge in [-0.05, 0) is 37.2 Å². The highest BCUT2D eigenvalue weighted by atomic mass is 32.2. The summed E-state index contributed by atoms with van der Waals surface area (Å²) in [6, 6.07) is 0. The lowest BCUT2D eigenvalue weighted by Gasteiger charge is -2.17. The molecule has 0 radical (unpaired) electrons. The van der Waals surface area contributed by atoms with Crippen molar-refractivity contribution in [2.24, 2.45) is 5.92 Å². The number of ether oxygens (including phenoxy) is 1. The van der Waals surface area contributed by atoms with Gasteiger partial charge in [-0.15, -0.1) is 0 Å². The molecule has 0 spiro atoms. The lowest BCUT2D eigenvalue weighted by Crippen LogP contribution is -2.17. The summed E-state index contributed by atoms with van der Waals surface area (Å²) < 4.78 is 24.9. The van der Waals surface area contributed by atoms with Crippen LogP contribution in [-0.4, -0.2) is 55.0 Å². The summed E-state index contributed by atoms with van der Waals surface area (Å²) in [5, 5.41) is 0. The van der Waals surface area contributed by atoms with Gasteiger partial charge in [0.25, 0.3) is 0 Å². The molecule has 0 aromatic carbocycles. The SMILES string of the molecule is C[C@H](Cn1cnc2c(N)ncnc21)OCP(=O)(O)OCCCSCCCCCCCCCCCCCCC1CC1. The Bertz CT molecular complexity index is 1010. The van der Waals surface area contributed by atoms with E-state index in [0.29, 0.717) is 23.5 Å². The van der Waals surface area contributed by atoms with E-state index in [-0.39, 0.29) is 19.1 Å². The molecule has 1 unspecified atom stereocenters. The first kappa shape index (κ1) is 33.3. The average molecular weight is 598 g/mol. The predicted molar refractivity (Wildman–Crippen MR) is 166 cm³/mol. The van der Waals surface area contributed by atoms with Gasteiger partial charge in [-0.3, -0.25) is 4.57 Å². The molecule has 40 heavy (non-hydrogen) atoms. The van der Waals surface area contributed by atoms with Crippen molar-refractivity contribution in [1.29, 1.82) is 0 Å². The molecule has 228 valence electrons. The first-order valence-corrected chi connectivity index (χ1v) is 18.4. The Morgan fingerprint density at radius 1 is 0.975 bits per heavy atom. The zero-order valence-electron chi connectivity index (χ0n) is 24.6. The second-order valence-corrected chi connectivity index (χ2v) is 14.4. The zero-order valence-corrected chi connectivity index (χ0v) is 26.3. The molecular formula is C29H52N5O4PS. The smallest absolute Gasteiger partial charge is 0.353 e. The maximum Gasteiger partial charge on any atom is 0.353 e. The summed E-state index contributed by atoms with van der Waals surface area (Å²) in [7, 11) is -3.79. The van der Waals surface area contributed by atoms with E-state index in [2.05, 4.69) is 15.0 Å². The summed E-state index contributed by atoms with van der Waals surface area (Å²) in [5.74, 6) is 3.52. The molecule has 9 nitrogen and oxygen atoms in total. The first-order valence-electron chi connectivity index (χ1n) is 15.5. The van der Waals surface area contributed by atoms with Crippen molar-refractivity contribution in [3.8, 4) is 0 Å². The van der Waals surface area contributed by atoms with Gasteiger partial charge >= 0.3 is 7.60 Å². The number of nitrogens with zero attached hydrogens (tertiary/aromatic N) is 4. The van der Waals surface area contributed by atoms with Gasteiger partial charge in [0.1, 0.15) is 18.2 Å². The van der Waals surface area contributed by atoms with Gasteiger partial charge in [0.15, 0.2) is 11.5 Å². The van der Waals surface area contributed by atoms with E-state index >= 15 is 0 Å². The molecule has 2 aromatic rings. The Morgan fingerprint density at radius 3 is 2.27 bits per heavy atom. The number of hydrogen-bond donors (Lipinski definition) is 2. The molecule has 1 aliphatic rings. The fraction of sp³-hybridized carbons (Fsp3) is 0.828. The van der Waals surface area contributed by atoms with Gasteiger partial charge < -0.3 is 24.5 Å². The Kier molecular flexibility index (Phi) is 15.9. The number of unbranched alkanes of at least 4 members (excludes halogenated alkanes) is 11. The number of hydrogen-bond acceptors (Lipinski definition) is 8. The number of nitrogen functional groups attached to an aromatic ring is 1. The summed E-state index contributed by atoms with van der Waals surface area (Å²) in [4.78, 5) is 22.4. The van der Waals surface area contributed by atoms with Crippen LogP contribution in [0.2, 0.25) is 0 Å². The van der Waals surface area contributed by atoms with Gasteiger partial charge in [0, 0.05) is 0 Å². The second kappa shape index (κ2) is 19.1. The largest absolute Gasteiger partial charge is 0.382 e. The van der Waals surface area contributed by atoms with Crippen LogP contribution in [0.25, 0.3) is 11.2 Å². The third-order valence-corrected chi connectivity index (χ3v) is 9.70. The fourth-order valence-electron chi connectivity index (χ4n) is 4.90. The molecular weight excluding hydrogens is 545 g/mol. The van der Waals surface area contributed by atoms with Crippen LogP contribution in [0, 0.1) is 5.92 Å². The lowest BCUT2D eigenvalue weighted by molar-refractivity contribution is 0.0718. The number of imidazole rings is 1. The quantitative estimate of drug-likeness (QED) is 0.0880. The third kappa shape index (κ3) is 14.1. The molecule has 3 rings (SSSR count).